The van der Waals surface area contributed by atoms with Crippen LogP contribution >= 0.6 is 11.8 Å². The van der Waals surface area contributed by atoms with Crippen LogP contribution in [0.2, 0.25) is 0 Å². The minimum absolute atomic E-state index is 0.0903. The number of halogens is 2. The van der Waals surface area contributed by atoms with Crippen LogP contribution in [0.4, 0.5) is 14.5 Å². The van der Waals surface area contributed by atoms with E-state index in [1.165, 1.54) is 24.3 Å². The lowest BCUT2D eigenvalue weighted by atomic mass is 10.3. The maximum atomic E-state index is 13.5. The Balaban J connectivity index is 2.00. The average Bonchev–Trinajstić information content (AvgIpc) is 2.45. The van der Waals surface area contributed by atoms with E-state index < -0.39 is 27.4 Å². The molecule has 8 heteroatoms. The standard InChI is InChI=1S/C15H13F2NO3S2/c1-23(20,21)12-4-2-3-11(8-12)18-15(19)9-22-14-6-5-10(16)7-13(14)17/h2-8H,9H2,1H3,(H,18,19). The van der Waals surface area contributed by atoms with Gasteiger partial charge in [0.2, 0.25) is 5.91 Å². The lowest BCUT2D eigenvalue weighted by Gasteiger charge is -2.07. The predicted molar refractivity (Wildman–Crippen MR) is 85.3 cm³/mol. The number of benzene rings is 2. The summed E-state index contributed by atoms with van der Waals surface area (Å²) in [6.45, 7) is 0. The molecule has 122 valence electrons. The number of rotatable bonds is 5. The van der Waals surface area contributed by atoms with Crippen LogP contribution in [0.5, 0.6) is 0 Å². The number of thioether (sulfide) groups is 1. The molecular weight excluding hydrogens is 344 g/mol. The van der Waals surface area contributed by atoms with Crippen LogP contribution in [-0.2, 0) is 14.6 Å². The third kappa shape index (κ3) is 5.04. The van der Waals surface area contributed by atoms with Crippen LogP contribution < -0.4 is 5.32 Å². The molecule has 2 rings (SSSR count). The number of nitrogens with one attached hydrogen (secondary N) is 1. The summed E-state index contributed by atoms with van der Waals surface area (Å²) in [6.07, 6.45) is 1.07. The Morgan fingerprint density at radius 2 is 1.91 bits per heavy atom. The third-order valence-corrected chi connectivity index (χ3v) is 4.96. The maximum absolute atomic E-state index is 13.5. The first-order valence-electron chi connectivity index (χ1n) is 6.43. The van der Waals surface area contributed by atoms with Crippen LogP contribution in [0, 0.1) is 11.6 Å². The quantitative estimate of drug-likeness (QED) is 0.835. The van der Waals surface area contributed by atoms with Gasteiger partial charge < -0.3 is 5.32 Å². The van der Waals surface area contributed by atoms with Crippen molar-refractivity contribution in [1.29, 1.82) is 0 Å². The molecule has 0 spiro atoms. The molecular formula is C15H13F2NO3S2. The molecule has 2 aromatic carbocycles. The number of sulfone groups is 1. The van der Waals surface area contributed by atoms with Crippen molar-refractivity contribution in [2.45, 2.75) is 9.79 Å². The van der Waals surface area contributed by atoms with Crippen molar-refractivity contribution >= 4 is 33.2 Å². The van der Waals surface area contributed by atoms with E-state index in [0.29, 0.717) is 5.69 Å². The van der Waals surface area contributed by atoms with Gasteiger partial charge in [0, 0.05) is 22.9 Å². The van der Waals surface area contributed by atoms with Gasteiger partial charge >= 0.3 is 0 Å². The number of hydrogen-bond donors (Lipinski definition) is 1. The fourth-order valence-corrected chi connectivity index (χ4v) is 3.12. The molecule has 0 unspecified atom stereocenters. The zero-order valence-corrected chi connectivity index (χ0v) is 13.7. The monoisotopic (exact) mass is 357 g/mol. The van der Waals surface area contributed by atoms with Gasteiger partial charge in [-0.2, -0.15) is 0 Å². The van der Waals surface area contributed by atoms with Gasteiger partial charge in [0.15, 0.2) is 9.84 Å². The highest BCUT2D eigenvalue weighted by atomic mass is 32.2. The first kappa shape index (κ1) is 17.4. The van der Waals surface area contributed by atoms with E-state index in [9.17, 15) is 22.0 Å². The number of hydrogen-bond acceptors (Lipinski definition) is 4. The number of amides is 1. The van der Waals surface area contributed by atoms with Crippen molar-refractivity contribution < 1.29 is 22.0 Å². The highest BCUT2D eigenvalue weighted by molar-refractivity contribution is 8.00. The van der Waals surface area contributed by atoms with Crippen LogP contribution in [0.25, 0.3) is 0 Å². The summed E-state index contributed by atoms with van der Waals surface area (Å²) in [5.74, 6) is -1.94. The van der Waals surface area contributed by atoms with E-state index >= 15 is 0 Å². The van der Waals surface area contributed by atoms with Crippen LogP contribution in [0.3, 0.4) is 0 Å². The minimum Gasteiger partial charge on any atom is -0.325 e. The van der Waals surface area contributed by atoms with Gasteiger partial charge in [0.05, 0.1) is 10.6 Å². The number of carbonyl (C=O) groups excluding carboxylic acids is 1. The summed E-state index contributed by atoms with van der Waals surface area (Å²) < 4.78 is 49.2. The molecule has 0 saturated heterocycles. The molecule has 0 fully saturated rings. The second kappa shape index (κ2) is 7.10. The van der Waals surface area contributed by atoms with Gasteiger partial charge in [0.1, 0.15) is 11.6 Å². The molecule has 2 aromatic rings. The summed E-state index contributed by atoms with van der Waals surface area (Å²) in [6, 6.07) is 8.94. The second-order valence-corrected chi connectivity index (χ2v) is 7.74. The molecule has 0 bridgehead atoms. The predicted octanol–water partition coefficient (Wildman–Crippen LogP) is 3.10. The van der Waals surface area contributed by atoms with Gasteiger partial charge in [-0.1, -0.05) is 6.07 Å². The Kier molecular flexibility index (Phi) is 5.38. The summed E-state index contributed by atoms with van der Waals surface area (Å²) >= 11 is 0.921. The van der Waals surface area contributed by atoms with Gasteiger partial charge in [0.25, 0.3) is 0 Å². The third-order valence-electron chi connectivity index (χ3n) is 2.80. The lowest BCUT2D eigenvalue weighted by Crippen LogP contribution is -2.14. The Bertz CT molecular complexity index is 838. The highest BCUT2D eigenvalue weighted by Crippen LogP contribution is 2.23. The Labute approximate surface area is 136 Å². The number of anilines is 1. The first-order chi connectivity index (χ1) is 10.8. The molecule has 0 aliphatic carbocycles. The fraction of sp³-hybridized carbons (Fsp3) is 0.133. The van der Waals surface area contributed by atoms with Crippen molar-refractivity contribution in [3.63, 3.8) is 0 Å². The zero-order valence-electron chi connectivity index (χ0n) is 12.0. The molecule has 0 radical (unpaired) electrons. The van der Waals surface area contributed by atoms with Crippen molar-refractivity contribution in [3.05, 3.63) is 54.1 Å². The Hall–Kier alpha value is -1.93. The van der Waals surface area contributed by atoms with E-state index in [1.54, 1.807) is 6.07 Å². The molecule has 0 aliphatic rings. The summed E-state index contributed by atoms with van der Waals surface area (Å²) in [5, 5.41) is 2.53. The van der Waals surface area contributed by atoms with Gasteiger partial charge in [-0.05, 0) is 30.3 Å². The molecule has 0 aliphatic heterocycles. The lowest BCUT2D eigenvalue weighted by molar-refractivity contribution is -0.113. The van der Waals surface area contributed by atoms with Gasteiger partial charge in [-0.3, -0.25) is 4.79 Å². The fourth-order valence-electron chi connectivity index (χ4n) is 1.74. The maximum Gasteiger partial charge on any atom is 0.234 e. The van der Waals surface area contributed by atoms with Gasteiger partial charge in [-0.15, -0.1) is 11.8 Å². The van der Waals surface area contributed by atoms with Crippen LogP contribution in [0.1, 0.15) is 0 Å². The minimum atomic E-state index is -3.37. The molecule has 0 saturated carbocycles. The SMILES string of the molecule is CS(=O)(=O)c1cccc(NC(=O)CSc2ccc(F)cc2F)c1. The topological polar surface area (TPSA) is 63.2 Å². The molecule has 0 atom stereocenters. The smallest absolute Gasteiger partial charge is 0.234 e. The van der Waals surface area contributed by atoms with Crippen molar-refractivity contribution in [2.24, 2.45) is 0 Å². The zero-order chi connectivity index (χ0) is 17.0. The molecule has 1 amide bonds. The van der Waals surface area contributed by atoms with Crippen molar-refractivity contribution in [1.82, 2.24) is 0 Å². The van der Waals surface area contributed by atoms with Crippen molar-refractivity contribution in [3.8, 4) is 0 Å². The van der Waals surface area contributed by atoms with E-state index in [2.05, 4.69) is 5.32 Å². The molecule has 0 aromatic heterocycles. The summed E-state index contributed by atoms with van der Waals surface area (Å²) in [5.41, 5.74) is 0.332. The Morgan fingerprint density at radius 1 is 1.17 bits per heavy atom. The van der Waals surface area contributed by atoms with Gasteiger partial charge in [-0.25, -0.2) is 17.2 Å². The average molecular weight is 357 g/mol. The van der Waals surface area contributed by atoms with Crippen LogP contribution in [0.15, 0.2) is 52.3 Å². The highest BCUT2D eigenvalue weighted by Gasteiger charge is 2.11. The van der Waals surface area contributed by atoms with Crippen molar-refractivity contribution in [2.75, 3.05) is 17.3 Å². The molecule has 4 nitrogen and oxygen atoms in total. The largest absolute Gasteiger partial charge is 0.325 e. The van der Waals surface area contributed by atoms with E-state index in [1.807, 2.05) is 0 Å². The Morgan fingerprint density at radius 3 is 2.57 bits per heavy atom. The summed E-state index contributed by atoms with van der Waals surface area (Å²) in [4.78, 5) is 12.1. The van der Waals surface area contributed by atoms with E-state index in [-0.39, 0.29) is 15.5 Å². The van der Waals surface area contributed by atoms with Crippen LogP contribution in [-0.4, -0.2) is 26.3 Å². The molecule has 0 heterocycles. The van der Waals surface area contributed by atoms with E-state index in [4.69, 9.17) is 0 Å². The van der Waals surface area contributed by atoms with E-state index in [0.717, 1.165) is 30.2 Å². The first-order valence-corrected chi connectivity index (χ1v) is 9.31. The summed E-state index contributed by atoms with van der Waals surface area (Å²) in [7, 11) is -3.37. The molecule has 1 N–H and O–H groups in total. The second-order valence-electron chi connectivity index (χ2n) is 4.71. The molecule has 23 heavy (non-hydrogen) atoms. The normalized spacial score (nSPS) is 11.3. The number of carbonyl (C=O) groups is 1.